The van der Waals surface area contributed by atoms with Crippen molar-refractivity contribution in [3.63, 3.8) is 0 Å². The van der Waals surface area contributed by atoms with Gasteiger partial charge in [-0.15, -0.1) is 0 Å². The number of nitrogens with zero attached hydrogens (tertiary/aromatic N) is 2. The van der Waals surface area contributed by atoms with Gasteiger partial charge in [0.15, 0.2) is 0 Å². The molecule has 1 saturated heterocycles. The minimum atomic E-state index is 0. The Labute approximate surface area is 172 Å². The Kier molecular flexibility index (Phi) is 7.39. The van der Waals surface area contributed by atoms with Gasteiger partial charge in [0.1, 0.15) is 18.9 Å². The zero-order valence-electron chi connectivity index (χ0n) is 17.4. The molecule has 1 aliphatic heterocycles. The Morgan fingerprint density at radius 2 is 1.68 bits per heavy atom. The van der Waals surface area contributed by atoms with Gasteiger partial charge in [0, 0.05) is 23.9 Å². The highest BCUT2D eigenvalue weighted by Crippen LogP contribution is 2.40. The van der Waals surface area contributed by atoms with Gasteiger partial charge in [0.05, 0.1) is 20.1 Å². The van der Waals surface area contributed by atoms with Gasteiger partial charge in [-0.1, -0.05) is 12.1 Å². The van der Waals surface area contributed by atoms with Crippen LogP contribution in [0.1, 0.15) is 46.1 Å². The first-order valence-electron chi connectivity index (χ1n) is 9.20. The van der Waals surface area contributed by atoms with Crippen molar-refractivity contribution in [2.45, 2.75) is 64.6 Å². The fourth-order valence-electron chi connectivity index (χ4n) is 4.10. The van der Waals surface area contributed by atoms with Crippen molar-refractivity contribution >= 4 is 0 Å². The second-order valence-electron chi connectivity index (χ2n) is 9.41. The zero-order valence-corrected chi connectivity index (χ0v) is 19.6. The van der Waals surface area contributed by atoms with Gasteiger partial charge < -0.3 is 33.2 Å². The molecule has 25 heavy (non-hydrogen) atoms. The SMILES string of the molecule is Cc1cccc(OCC[N+](C)(C)C2CC(C)(C)N(C)C(C)(C)C2)c1.[I-]. The molecule has 0 amide bonds. The predicted molar refractivity (Wildman–Crippen MR) is 103 cm³/mol. The maximum Gasteiger partial charge on any atom is 0.137 e. The fourth-order valence-corrected chi connectivity index (χ4v) is 4.10. The maximum atomic E-state index is 6.01. The summed E-state index contributed by atoms with van der Waals surface area (Å²) in [7, 11) is 7.00. The maximum absolute atomic E-state index is 6.01. The summed E-state index contributed by atoms with van der Waals surface area (Å²) in [6, 6.07) is 8.99. The predicted octanol–water partition coefficient (Wildman–Crippen LogP) is 1.11. The van der Waals surface area contributed by atoms with E-state index in [0.29, 0.717) is 6.04 Å². The molecular weight excluding hydrogens is 423 g/mol. The van der Waals surface area contributed by atoms with E-state index >= 15 is 0 Å². The number of halogens is 1. The highest BCUT2D eigenvalue weighted by atomic mass is 127. The van der Waals surface area contributed by atoms with Crippen molar-refractivity contribution in [1.82, 2.24) is 4.90 Å². The summed E-state index contributed by atoms with van der Waals surface area (Å²) in [6.07, 6.45) is 2.45. The average Bonchev–Trinajstić information content (AvgIpc) is 2.44. The third-order valence-electron chi connectivity index (χ3n) is 6.20. The first-order chi connectivity index (χ1) is 10.9. The molecule has 3 nitrogen and oxygen atoms in total. The number of likely N-dealkylation sites (N-methyl/N-ethyl adjacent to an activating group) is 1. The summed E-state index contributed by atoms with van der Waals surface area (Å²) >= 11 is 0. The monoisotopic (exact) mass is 460 g/mol. The van der Waals surface area contributed by atoms with Crippen LogP contribution in [-0.4, -0.2) is 60.8 Å². The first-order valence-corrected chi connectivity index (χ1v) is 9.20. The van der Waals surface area contributed by atoms with Crippen LogP contribution < -0.4 is 28.7 Å². The van der Waals surface area contributed by atoms with Gasteiger partial charge in [0.25, 0.3) is 0 Å². The molecule has 0 bridgehead atoms. The minimum absolute atomic E-state index is 0. The first kappa shape index (κ1) is 22.7. The lowest BCUT2D eigenvalue weighted by atomic mass is 9.76. The van der Waals surface area contributed by atoms with Gasteiger partial charge in [-0.2, -0.15) is 0 Å². The Morgan fingerprint density at radius 1 is 1.12 bits per heavy atom. The molecular formula is C21H37IN2O. The van der Waals surface area contributed by atoms with Gasteiger partial charge in [0.2, 0.25) is 0 Å². The molecule has 1 aliphatic rings. The van der Waals surface area contributed by atoms with E-state index in [4.69, 9.17) is 4.74 Å². The molecule has 1 heterocycles. The number of aryl methyl sites for hydroxylation is 1. The van der Waals surface area contributed by atoms with E-state index < -0.39 is 0 Å². The van der Waals surface area contributed by atoms with Crippen molar-refractivity contribution in [3.05, 3.63) is 29.8 Å². The lowest BCUT2D eigenvalue weighted by Crippen LogP contribution is -3.00. The third kappa shape index (κ3) is 5.57. The summed E-state index contributed by atoms with van der Waals surface area (Å²) in [5, 5.41) is 0. The number of ether oxygens (including phenoxy) is 1. The van der Waals surface area contributed by atoms with E-state index in [0.717, 1.165) is 23.4 Å². The van der Waals surface area contributed by atoms with Crippen LogP contribution in [-0.2, 0) is 0 Å². The summed E-state index contributed by atoms with van der Waals surface area (Å²) < 4.78 is 7.03. The number of rotatable bonds is 5. The molecule has 0 spiro atoms. The quantitative estimate of drug-likeness (QED) is 0.482. The van der Waals surface area contributed by atoms with Crippen molar-refractivity contribution in [1.29, 1.82) is 0 Å². The Bertz CT molecular complexity index is 551. The van der Waals surface area contributed by atoms with Crippen LogP contribution in [0.25, 0.3) is 0 Å². The summed E-state index contributed by atoms with van der Waals surface area (Å²) in [6.45, 7) is 13.4. The molecule has 0 aliphatic carbocycles. The molecule has 1 aromatic carbocycles. The normalized spacial score (nSPS) is 20.8. The van der Waals surface area contributed by atoms with E-state index in [1.54, 1.807) is 0 Å². The average molecular weight is 460 g/mol. The highest BCUT2D eigenvalue weighted by Gasteiger charge is 2.48. The molecule has 0 atom stereocenters. The third-order valence-corrected chi connectivity index (χ3v) is 6.20. The van der Waals surface area contributed by atoms with Crippen LogP contribution in [0.4, 0.5) is 0 Å². The van der Waals surface area contributed by atoms with E-state index in [2.05, 4.69) is 84.9 Å². The molecule has 1 aromatic rings. The van der Waals surface area contributed by atoms with E-state index in [9.17, 15) is 0 Å². The van der Waals surface area contributed by atoms with E-state index in [1.165, 1.54) is 18.4 Å². The Balaban J connectivity index is 0.00000312. The van der Waals surface area contributed by atoms with Crippen LogP contribution in [0.2, 0.25) is 0 Å². The second-order valence-corrected chi connectivity index (χ2v) is 9.41. The molecule has 0 aromatic heterocycles. The van der Waals surface area contributed by atoms with Crippen molar-refractivity contribution in [2.75, 3.05) is 34.3 Å². The van der Waals surface area contributed by atoms with Crippen LogP contribution >= 0.6 is 0 Å². The minimum Gasteiger partial charge on any atom is -1.00 e. The number of quaternary nitrogens is 1. The summed E-state index contributed by atoms with van der Waals surface area (Å²) in [5.74, 6) is 0.985. The summed E-state index contributed by atoms with van der Waals surface area (Å²) in [4.78, 5) is 2.56. The zero-order chi connectivity index (χ0) is 18.2. The van der Waals surface area contributed by atoms with Crippen LogP contribution in [0.5, 0.6) is 5.75 Å². The van der Waals surface area contributed by atoms with Gasteiger partial charge in [-0.3, -0.25) is 4.90 Å². The number of hydrogen-bond donors (Lipinski definition) is 0. The number of hydrogen-bond acceptors (Lipinski definition) is 2. The fraction of sp³-hybridized carbons (Fsp3) is 0.714. The highest BCUT2D eigenvalue weighted by molar-refractivity contribution is 5.27. The van der Waals surface area contributed by atoms with Gasteiger partial charge in [-0.05, 0) is 59.4 Å². The standard InChI is InChI=1S/C21H37N2O.HI/c1-17-10-9-11-19(14-17)24-13-12-23(7,8)18-15-20(2,3)22(6)21(4,5)16-18;/h9-11,14,18H,12-13,15-16H2,1-8H3;1H/q+1;/p-1. The molecule has 4 heteroatoms. The molecule has 2 rings (SSSR count). The van der Waals surface area contributed by atoms with Crippen LogP contribution in [0, 0.1) is 6.92 Å². The topological polar surface area (TPSA) is 12.5 Å². The summed E-state index contributed by atoms with van der Waals surface area (Å²) in [5.41, 5.74) is 1.72. The number of likely N-dealkylation sites (tertiary alicyclic amines) is 1. The van der Waals surface area contributed by atoms with E-state index in [-0.39, 0.29) is 35.1 Å². The largest absolute Gasteiger partial charge is 1.00 e. The molecule has 1 fully saturated rings. The van der Waals surface area contributed by atoms with Crippen molar-refractivity contribution in [2.24, 2.45) is 0 Å². The number of piperidine rings is 1. The molecule has 0 radical (unpaired) electrons. The van der Waals surface area contributed by atoms with Crippen molar-refractivity contribution < 1.29 is 33.2 Å². The van der Waals surface area contributed by atoms with Crippen LogP contribution in [0.15, 0.2) is 24.3 Å². The van der Waals surface area contributed by atoms with Crippen LogP contribution in [0.3, 0.4) is 0 Å². The van der Waals surface area contributed by atoms with Crippen molar-refractivity contribution in [3.8, 4) is 5.75 Å². The number of benzene rings is 1. The lowest BCUT2D eigenvalue weighted by Gasteiger charge is -2.56. The van der Waals surface area contributed by atoms with Gasteiger partial charge in [-0.25, -0.2) is 0 Å². The van der Waals surface area contributed by atoms with Gasteiger partial charge >= 0.3 is 0 Å². The van der Waals surface area contributed by atoms with E-state index in [1.807, 2.05) is 0 Å². The smallest absolute Gasteiger partial charge is 0.137 e. The molecule has 0 unspecified atom stereocenters. The second kappa shape index (κ2) is 8.13. The molecule has 144 valence electrons. The molecule has 0 N–H and O–H groups in total. The molecule has 0 saturated carbocycles. The Hall–Kier alpha value is -0.330. The Morgan fingerprint density at radius 3 is 2.20 bits per heavy atom. The lowest BCUT2D eigenvalue weighted by molar-refractivity contribution is -0.918.